The molecule has 0 atom stereocenters. The van der Waals surface area contributed by atoms with Crippen molar-refractivity contribution in [1.29, 1.82) is 0 Å². The summed E-state index contributed by atoms with van der Waals surface area (Å²) in [6, 6.07) is 24.4. The smallest absolute Gasteiger partial charge is 0.264 e. The Bertz CT molecular complexity index is 2460. The van der Waals surface area contributed by atoms with Gasteiger partial charge in [0.25, 0.3) is 16.0 Å². The molecule has 0 saturated heterocycles. The van der Waals surface area contributed by atoms with Gasteiger partial charge in [-0.05, 0) is 94.3 Å². The lowest BCUT2D eigenvalue weighted by atomic mass is 9.99. The van der Waals surface area contributed by atoms with Crippen molar-refractivity contribution in [2.45, 2.75) is 43.4 Å². The average molecular weight is 850 g/mol. The van der Waals surface area contributed by atoms with E-state index in [1.165, 1.54) is 53.4 Å². The predicted molar refractivity (Wildman–Crippen MR) is 216 cm³/mol. The van der Waals surface area contributed by atoms with Gasteiger partial charge in [-0.15, -0.1) is 20.4 Å². The average Bonchev–Trinajstić information content (AvgIpc) is 3.18. The van der Waals surface area contributed by atoms with E-state index < -0.39 is 64.7 Å². The molecule has 5 aromatic rings. The van der Waals surface area contributed by atoms with Crippen LogP contribution in [0.1, 0.15) is 50.5 Å². The Morgan fingerprint density at radius 1 is 0.638 bits per heavy atom. The minimum atomic E-state index is -4.29. The number of hydrogen-bond donors (Lipinski definition) is 1. The highest BCUT2D eigenvalue weighted by Gasteiger charge is 2.33. The molecule has 58 heavy (non-hydrogen) atoms. The molecule has 0 unspecified atom stereocenters. The van der Waals surface area contributed by atoms with E-state index in [1.54, 1.807) is 69.3 Å². The number of benzene rings is 4. The largest absolute Gasteiger partial charge is 0.494 e. The van der Waals surface area contributed by atoms with Gasteiger partial charge in [0.05, 0.1) is 39.6 Å². The maximum Gasteiger partial charge on any atom is 0.264 e. The Morgan fingerprint density at radius 2 is 1.12 bits per heavy atom. The second-order valence-corrected chi connectivity index (χ2v) is 19.4. The number of hydrogen-bond acceptors (Lipinski definition) is 13. The normalized spacial score (nSPS) is 12.0. The molecular weight excluding hydrogens is 807 g/mol. The predicted octanol–water partition coefficient (Wildman–Crippen LogP) is 4.79. The fourth-order valence-corrected chi connectivity index (χ4v) is 9.63. The van der Waals surface area contributed by atoms with Crippen LogP contribution in [0.3, 0.4) is 0 Å². The van der Waals surface area contributed by atoms with E-state index >= 15 is 0 Å². The lowest BCUT2D eigenvalue weighted by molar-refractivity contribution is 0.0746. The summed E-state index contributed by atoms with van der Waals surface area (Å²) < 4.78 is 92.1. The van der Waals surface area contributed by atoms with Gasteiger partial charge in [0, 0.05) is 29.8 Å². The summed E-state index contributed by atoms with van der Waals surface area (Å²) in [5, 5.41) is 15.8. The second-order valence-electron chi connectivity index (χ2n) is 13.8. The fraction of sp³-hybridized carbons (Fsp3) is 0.300. The third-order valence-corrected chi connectivity index (χ3v) is 13.5. The quantitative estimate of drug-likeness (QED) is 0.0671. The van der Waals surface area contributed by atoms with Gasteiger partial charge >= 0.3 is 0 Å². The van der Waals surface area contributed by atoms with Crippen LogP contribution in [0.2, 0.25) is 0 Å². The van der Waals surface area contributed by atoms with Crippen molar-refractivity contribution in [2.75, 3.05) is 37.0 Å². The molecule has 0 aliphatic rings. The Balaban J connectivity index is 1.30. The summed E-state index contributed by atoms with van der Waals surface area (Å²) >= 11 is 0. The SMILES string of the molecule is Cc1ccc(S(=O)(=O)CC(CS(=O)(=O)c2ccc(C)cc2)C(=O)c2ccc(C(=O)N(CCCOc3ccc(-c4nnc(C)nn4)cc3)CCCS(=O)(=O)O)cc2)cc1. The van der Waals surface area contributed by atoms with E-state index in [-0.39, 0.29) is 47.0 Å². The molecule has 306 valence electrons. The molecule has 0 saturated carbocycles. The first-order valence-corrected chi connectivity index (χ1v) is 23.1. The van der Waals surface area contributed by atoms with Crippen LogP contribution >= 0.6 is 0 Å². The first-order valence-electron chi connectivity index (χ1n) is 18.1. The monoisotopic (exact) mass is 849 g/mol. The van der Waals surface area contributed by atoms with E-state index in [0.717, 1.165) is 11.1 Å². The number of rotatable bonds is 19. The molecule has 1 amide bonds. The minimum Gasteiger partial charge on any atom is -0.494 e. The Morgan fingerprint density at radius 3 is 1.62 bits per heavy atom. The van der Waals surface area contributed by atoms with E-state index in [1.807, 2.05) is 0 Å². The van der Waals surface area contributed by atoms with E-state index in [2.05, 4.69) is 20.4 Å². The second kappa shape index (κ2) is 18.9. The van der Waals surface area contributed by atoms with Crippen LogP contribution in [0.4, 0.5) is 0 Å². The zero-order valence-electron chi connectivity index (χ0n) is 32.1. The van der Waals surface area contributed by atoms with Crippen LogP contribution in [0, 0.1) is 26.7 Å². The van der Waals surface area contributed by atoms with Gasteiger partial charge in [0.1, 0.15) is 5.75 Å². The highest BCUT2D eigenvalue weighted by Crippen LogP contribution is 2.24. The van der Waals surface area contributed by atoms with Crippen LogP contribution < -0.4 is 4.74 Å². The molecule has 0 radical (unpaired) electrons. The maximum atomic E-state index is 14.0. The van der Waals surface area contributed by atoms with Crippen molar-refractivity contribution in [1.82, 2.24) is 25.3 Å². The summed E-state index contributed by atoms with van der Waals surface area (Å²) in [6.45, 7) is 5.57. The molecule has 1 aromatic heterocycles. The molecule has 0 aliphatic carbocycles. The summed E-state index contributed by atoms with van der Waals surface area (Å²) in [4.78, 5) is 29.0. The number of amides is 1. The van der Waals surface area contributed by atoms with Crippen LogP contribution in [0.5, 0.6) is 5.75 Å². The maximum absolute atomic E-state index is 14.0. The molecular formula is C40H43N5O10S3. The van der Waals surface area contributed by atoms with Gasteiger partial charge < -0.3 is 9.64 Å². The third kappa shape index (κ3) is 12.3. The van der Waals surface area contributed by atoms with Crippen LogP contribution in [0.25, 0.3) is 11.4 Å². The van der Waals surface area contributed by atoms with Crippen molar-refractivity contribution in [3.63, 3.8) is 0 Å². The summed E-state index contributed by atoms with van der Waals surface area (Å²) in [5.74, 6) is -3.50. The summed E-state index contributed by atoms with van der Waals surface area (Å²) in [7, 11) is -12.5. The number of carbonyl (C=O) groups is 2. The molecule has 5 rings (SSSR count). The number of ether oxygens (including phenoxy) is 1. The number of aromatic nitrogens is 4. The molecule has 0 aliphatic heterocycles. The van der Waals surface area contributed by atoms with Gasteiger partial charge in [-0.2, -0.15) is 8.42 Å². The highest BCUT2D eigenvalue weighted by molar-refractivity contribution is 7.92. The number of Topliss-reactive ketones (excluding diaryl/α,β-unsaturated/α-hetero) is 1. The molecule has 1 N–H and O–H groups in total. The molecule has 0 fully saturated rings. The molecule has 0 spiro atoms. The Hall–Kier alpha value is -5.43. The molecule has 4 aromatic carbocycles. The van der Waals surface area contributed by atoms with Crippen LogP contribution in [-0.2, 0) is 29.8 Å². The van der Waals surface area contributed by atoms with Crippen LogP contribution in [0.15, 0.2) is 107 Å². The Labute approximate surface area is 338 Å². The van der Waals surface area contributed by atoms with Crippen LogP contribution in [-0.4, -0.2) is 104 Å². The zero-order chi connectivity index (χ0) is 42.1. The molecule has 1 heterocycles. The summed E-state index contributed by atoms with van der Waals surface area (Å²) in [6.07, 6.45) is 0.290. The standard InChI is InChI=1S/C40H43N5O10S3/c1-28-6-18-36(19-7-28)56(48,49)26-34(27-57(50,51)37-20-8-29(2)9-21-37)38(46)31-10-12-33(13-11-31)40(47)45(23-5-25-58(52,53)54)22-4-24-55-35-16-14-32(15-17-35)39-43-41-30(3)42-44-39/h6-21,34H,4-5,22-27H2,1-3H3,(H,52,53,54). The number of nitrogens with zero attached hydrogens (tertiary/aromatic N) is 5. The zero-order valence-corrected chi connectivity index (χ0v) is 34.5. The van der Waals surface area contributed by atoms with E-state index in [4.69, 9.17) is 4.74 Å². The van der Waals surface area contributed by atoms with Gasteiger partial charge in [-0.1, -0.05) is 47.5 Å². The topological polar surface area (TPSA) is 221 Å². The van der Waals surface area contributed by atoms with Gasteiger partial charge in [-0.3, -0.25) is 14.1 Å². The van der Waals surface area contributed by atoms with Gasteiger partial charge in [0.2, 0.25) is 5.82 Å². The number of carbonyl (C=O) groups excluding carboxylic acids is 2. The van der Waals surface area contributed by atoms with E-state index in [9.17, 15) is 39.4 Å². The molecule has 18 heteroatoms. The van der Waals surface area contributed by atoms with Gasteiger partial charge in [0.15, 0.2) is 31.3 Å². The van der Waals surface area contributed by atoms with E-state index in [0.29, 0.717) is 29.4 Å². The lowest BCUT2D eigenvalue weighted by Crippen LogP contribution is -2.34. The first-order chi connectivity index (χ1) is 27.4. The van der Waals surface area contributed by atoms with Crippen molar-refractivity contribution < 1.29 is 44.1 Å². The third-order valence-electron chi connectivity index (χ3n) is 9.04. The minimum absolute atomic E-state index is 0.00132. The molecule has 0 bridgehead atoms. The number of sulfone groups is 2. The van der Waals surface area contributed by atoms with Crippen molar-refractivity contribution in [2.24, 2.45) is 5.92 Å². The van der Waals surface area contributed by atoms with Crippen molar-refractivity contribution in [3.05, 3.63) is 125 Å². The van der Waals surface area contributed by atoms with Crippen molar-refractivity contribution >= 4 is 41.5 Å². The first kappa shape index (κ1) is 43.7. The fourth-order valence-electron chi connectivity index (χ4n) is 5.90. The number of ketones is 1. The van der Waals surface area contributed by atoms with Gasteiger partial charge in [-0.25, -0.2) is 16.8 Å². The lowest BCUT2D eigenvalue weighted by Gasteiger charge is -2.23. The molecule has 15 nitrogen and oxygen atoms in total. The Kier molecular flexibility index (Phi) is 14.2. The summed E-state index contributed by atoms with van der Waals surface area (Å²) in [5.41, 5.74) is 2.46. The highest BCUT2D eigenvalue weighted by atomic mass is 32.2. The van der Waals surface area contributed by atoms with Crippen molar-refractivity contribution in [3.8, 4) is 17.1 Å². The number of aryl methyl sites for hydroxylation is 3.